The minimum absolute atomic E-state index is 0.383. The molecule has 1 fully saturated rings. The summed E-state index contributed by atoms with van der Waals surface area (Å²) in [6, 6.07) is 1.73. The lowest BCUT2D eigenvalue weighted by molar-refractivity contribution is 0.291. The maximum absolute atomic E-state index is 5.45. The van der Waals surface area contributed by atoms with E-state index in [2.05, 4.69) is 15.4 Å². The Labute approximate surface area is 82.7 Å². The van der Waals surface area contributed by atoms with Crippen molar-refractivity contribution in [3.05, 3.63) is 12.3 Å². The molecule has 3 N–H and O–H groups in total. The number of nitrogens with one attached hydrogen (secondary N) is 1. The fraction of sp³-hybridized carbons (Fsp3) is 0.556. The predicted molar refractivity (Wildman–Crippen MR) is 52.7 cm³/mol. The van der Waals surface area contributed by atoms with Gasteiger partial charge in [-0.3, -0.25) is 5.43 Å². The third-order valence-electron chi connectivity index (χ3n) is 2.23. The van der Waals surface area contributed by atoms with Crippen molar-refractivity contribution >= 4 is 5.95 Å². The first-order chi connectivity index (χ1) is 6.88. The molecule has 0 bridgehead atoms. The molecule has 0 unspecified atom stereocenters. The Hall–Kier alpha value is -1.36. The van der Waals surface area contributed by atoms with E-state index in [1.54, 1.807) is 12.3 Å². The van der Waals surface area contributed by atoms with Crippen LogP contribution in [-0.4, -0.2) is 16.6 Å². The van der Waals surface area contributed by atoms with Crippen LogP contribution < -0.4 is 16.0 Å². The smallest absolute Gasteiger partial charge is 0.240 e. The number of nitrogen functional groups attached to an aromatic ring is 1. The topological polar surface area (TPSA) is 73.1 Å². The molecule has 14 heavy (non-hydrogen) atoms. The zero-order valence-corrected chi connectivity index (χ0v) is 7.94. The van der Waals surface area contributed by atoms with Crippen molar-refractivity contribution in [3.8, 4) is 5.88 Å². The zero-order valence-electron chi connectivity index (χ0n) is 7.94. The molecule has 1 aliphatic carbocycles. The number of ether oxygens (including phenoxy) is 1. The van der Waals surface area contributed by atoms with Gasteiger partial charge in [0.25, 0.3) is 0 Å². The highest BCUT2D eigenvalue weighted by Crippen LogP contribution is 2.32. The largest absolute Gasteiger partial charge is 0.478 e. The summed E-state index contributed by atoms with van der Waals surface area (Å²) in [7, 11) is 0. The van der Waals surface area contributed by atoms with Crippen LogP contribution in [0.25, 0.3) is 0 Å². The maximum atomic E-state index is 5.45. The maximum Gasteiger partial charge on any atom is 0.240 e. The Morgan fingerprint density at radius 2 is 2.43 bits per heavy atom. The first-order valence-corrected chi connectivity index (χ1v) is 4.81. The first kappa shape index (κ1) is 9.21. The molecule has 5 heteroatoms. The molecule has 1 aromatic heterocycles. The quantitative estimate of drug-likeness (QED) is 0.539. The number of nitrogens with zero attached hydrogens (tertiary/aromatic N) is 2. The van der Waals surface area contributed by atoms with E-state index < -0.39 is 0 Å². The third-order valence-corrected chi connectivity index (χ3v) is 2.23. The molecular weight excluding hydrogens is 180 g/mol. The van der Waals surface area contributed by atoms with E-state index >= 15 is 0 Å². The lowest BCUT2D eigenvalue weighted by Crippen LogP contribution is -2.11. The van der Waals surface area contributed by atoms with Crippen molar-refractivity contribution in [1.29, 1.82) is 0 Å². The standard InChI is InChI=1S/C9H14N4O/c10-13-9-11-5-3-8(12-9)14-6-4-7-1-2-7/h3,5,7H,1-2,4,6,10H2,(H,11,12,13). The summed E-state index contributed by atoms with van der Waals surface area (Å²) in [5.74, 6) is 7.01. The summed E-state index contributed by atoms with van der Waals surface area (Å²) in [5, 5.41) is 0. The van der Waals surface area contributed by atoms with Crippen molar-refractivity contribution in [2.24, 2.45) is 11.8 Å². The van der Waals surface area contributed by atoms with Gasteiger partial charge in [0.2, 0.25) is 11.8 Å². The molecular formula is C9H14N4O. The van der Waals surface area contributed by atoms with Crippen LogP contribution in [0, 0.1) is 5.92 Å². The molecule has 1 heterocycles. The molecule has 1 aliphatic rings. The lowest BCUT2D eigenvalue weighted by atomic mass is 10.3. The molecule has 0 amide bonds. The van der Waals surface area contributed by atoms with Gasteiger partial charge in [0.05, 0.1) is 6.61 Å². The van der Waals surface area contributed by atoms with Crippen molar-refractivity contribution in [3.63, 3.8) is 0 Å². The lowest BCUT2D eigenvalue weighted by Gasteiger charge is -2.04. The molecule has 76 valence electrons. The van der Waals surface area contributed by atoms with E-state index in [4.69, 9.17) is 10.6 Å². The minimum atomic E-state index is 0.383. The van der Waals surface area contributed by atoms with Crippen LogP contribution in [-0.2, 0) is 0 Å². The average molecular weight is 194 g/mol. The zero-order chi connectivity index (χ0) is 9.80. The number of hydrogen-bond acceptors (Lipinski definition) is 5. The van der Waals surface area contributed by atoms with E-state index in [1.165, 1.54) is 12.8 Å². The Bertz CT molecular complexity index is 301. The van der Waals surface area contributed by atoms with E-state index in [0.29, 0.717) is 11.8 Å². The van der Waals surface area contributed by atoms with Gasteiger partial charge in [-0.15, -0.1) is 0 Å². The Kier molecular flexibility index (Phi) is 2.78. The van der Waals surface area contributed by atoms with Crippen LogP contribution in [0.1, 0.15) is 19.3 Å². The highest BCUT2D eigenvalue weighted by atomic mass is 16.5. The van der Waals surface area contributed by atoms with Gasteiger partial charge in [0.1, 0.15) is 0 Å². The van der Waals surface area contributed by atoms with Crippen molar-refractivity contribution in [2.45, 2.75) is 19.3 Å². The molecule has 5 nitrogen and oxygen atoms in total. The Morgan fingerprint density at radius 1 is 1.57 bits per heavy atom. The highest BCUT2D eigenvalue weighted by molar-refractivity contribution is 5.25. The number of hydrazine groups is 1. The number of rotatable bonds is 5. The van der Waals surface area contributed by atoms with E-state index in [1.807, 2.05) is 0 Å². The number of hydrogen-bond donors (Lipinski definition) is 2. The van der Waals surface area contributed by atoms with Crippen molar-refractivity contribution in [1.82, 2.24) is 9.97 Å². The molecule has 1 aromatic rings. The summed E-state index contributed by atoms with van der Waals surface area (Å²) < 4.78 is 5.45. The normalized spacial score (nSPS) is 15.2. The van der Waals surface area contributed by atoms with Crippen LogP contribution >= 0.6 is 0 Å². The molecule has 2 rings (SSSR count). The average Bonchev–Trinajstić information content (AvgIpc) is 3.02. The highest BCUT2D eigenvalue weighted by Gasteiger charge is 2.20. The predicted octanol–water partition coefficient (Wildman–Crippen LogP) is 0.941. The van der Waals surface area contributed by atoms with Crippen LogP contribution in [0.15, 0.2) is 12.3 Å². The van der Waals surface area contributed by atoms with Gasteiger partial charge in [-0.1, -0.05) is 12.8 Å². The number of anilines is 1. The van der Waals surface area contributed by atoms with E-state index in [9.17, 15) is 0 Å². The van der Waals surface area contributed by atoms with Crippen LogP contribution in [0.3, 0.4) is 0 Å². The second-order valence-electron chi connectivity index (χ2n) is 3.44. The summed E-state index contributed by atoms with van der Waals surface area (Å²) >= 11 is 0. The van der Waals surface area contributed by atoms with Crippen molar-refractivity contribution < 1.29 is 4.74 Å². The molecule has 0 spiro atoms. The van der Waals surface area contributed by atoms with Gasteiger partial charge in [-0.25, -0.2) is 10.8 Å². The van der Waals surface area contributed by atoms with Crippen LogP contribution in [0.4, 0.5) is 5.95 Å². The second kappa shape index (κ2) is 4.23. The van der Waals surface area contributed by atoms with E-state index in [0.717, 1.165) is 18.9 Å². The molecule has 1 saturated carbocycles. The number of nitrogens with two attached hydrogens (primary N) is 1. The SMILES string of the molecule is NNc1nccc(OCCC2CC2)n1. The van der Waals surface area contributed by atoms with Crippen molar-refractivity contribution in [2.75, 3.05) is 12.0 Å². The fourth-order valence-electron chi connectivity index (χ4n) is 1.23. The van der Waals surface area contributed by atoms with Crippen LogP contribution in [0.2, 0.25) is 0 Å². The van der Waals surface area contributed by atoms with Gasteiger partial charge in [-0.05, 0) is 12.3 Å². The van der Waals surface area contributed by atoms with Gasteiger partial charge in [-0.2, -0.15) is 4.98 Å². The van der Waals surface area contributed by atoms with Crippen LogP contribution in [0.5, 0.6) is 5.88 Å². The Morgan fingerprint density at radius 3 is 3.14 bits per heavy atom. The molecule has 0 atom stereocenters. The molecule has 0 saturated heterocycles. The van der Waals surface area contributed by atoms with Gasteiger partial charge >= 0.3 is 0 Å². The summed E-state index contributed by atoms with van der Waals surface area (Å²) in [5.41, 5.74) is 2.38. The summed E-state index contributed by atoms with van der Waals surface area (Å²) in [4.78, 5) is 7.93. The minimum Gasteiger partial charge on any atom is -0.478 e. The second-order valence-corrected chi connectivity index (χ2v) is 3.44. The number of aromatic nitrogens is 2. The first-order valence-electron chi connectivity index (χ1n) is 4.81. The van der Waals surface area contributed by atoms with Gasteiger partial charge < -0.3 is 4.74 Å². The fourth-order valence-corrected chi connectivity index (χ4v) is 1.23. The summed E-state index contributed by atoms with van der Waals surface area (Å²) in [6.45, 7) is 0.728. The third kappa shape index (κ3) is 2.56. The molecule has 0 aromatic carbocycles. The Balaban J connectivity index is 1.81. The molecule has 0 aliphatic heterocycles. The van der Waals surface area contributed by atoms with Gasteiger partial charge in [0, 0.05) is 12.3 Å². The van der Waals surface area contributed by atoms with Gasteiger partial charge in [0.15, 0.2) is 0 Å². The summed E-state index contributed by atoms with van der Waals surface area (Å²) in [6.07, 6.45) is 5.44. The van der Waals surface area contributed by atoms with E-state index in [-0.39, 0.29) is 0 Å². The molecule has 0 radical (unpaired) electrons. The monoisotopic (exact) mass is 194 g/mol.